The van der Waals surface area contributed by atoms with E-state index in [2.05, 4.69) is 36.2 Å². The molecule has 0 aliphatic carbocycles. The second-order valence-electron chi connectivity index (χ2n) is 8.32. The van der Waals surface area contributed by atoms with Crippen LogP contribution < -0.4 is 0 Å². The zero-order chi connectivity index (χ0) is 27.9. The van der Waals surface area contributed by atoms with Crippen LogP contribution in [-0.2, 0) is 22.6 Å². The van der Waals surface area contributed by atoms with Crippen LogP contribution in [0.5, 0.6) is 0 Å². The number of aromatic nitrogens is 5. The van der Waals surface area contributed by atoms with Crippen molar-refractivity contribution in [1.82, 2.24) is 25.0 Å². The Morgan fingerprint density at radius 2 is 1.87 bits per heavy atom. The molecule has 0 amide bonds. The third-order valence-electron chi connectivity index (χ3n) is 5.37. The number of pyridine rings is 1. The Morgan fingerprint density at radius 3 is 2.51 bits per heavy atom. The molecule has 10 nitrogen and oxygen atoms in total. The number of halogens is 4. The number of aliphatic hydroxyl groups excluding tert-OH is 2. The van der Waals surface area contributed by atoms with Crippen molar-refractivity contribution in [2.24, 2.45) is 0 Å². The largest absolute Gasteiger partial charge is 0.446 e. The molecule has 0 saturated carbocycles. The normalized spacial score (nSPS) is 14.7. The summed E-state index contributed by atoms with van der Waals surface area (Å²) in [5, 5.41) is 27.9. The summed E-state index contributed by atoms with van der Waals surface area (Å²) in [6, 6.07) is 3.45. The molecular weight excluding hydrogens is 607 g/mol. The second kappa shape index (κ2) is 13.5. The number of benzene rings is 1. The summed E-state index contributed by atoms with van der Waals surface area (Å²) < 4.78 is 60.5. The standard InChI is InChI=1S/C24H23BrF3N5O5S/c1-13(35)22(10-34)38-24(39-17-4-15(25)5-29-7-17)21(36-11-16-6-30-12-37-16)9-33-8-20(31-32-33)14-2-18(26)23(28)19(27)3-14/h2-8,12-13,21-22,24,34-35H,9-11H2,1H3/t13-,21+,22?,24?/m1/s1. The predicted molar refractivity (Wildman–Crippen MR) is 136 cm³/mol. The van der Waals surface area contributed by atoms with E-state index in [1.807, 2.05) is 6.07 Å². The van der Waals surface area contributed by atoms with E-state index in [0.717, 1.165) is 16.6 Å². The molecule has 208 valence electrons. The fourth-order valence-electron chi connectivity index (χ4n) is 3.39. The number of nitrogens with zero attached hydrogens (tertiary/aromatic N) is 5. The summed E-state index contributed by atoms with van der Waals surface area (Å²) in [6.45, 7) is 1.04. The summed E-state index contributed by atoms with van der Waals surface area (Å²) in [4.78, 5) is 8.72. The van der Waals surface area contributed by atoms with Crippen LogP contribution in [0.3, 0.4) is 0 Å². The lowest BCUT2D eigenvalue weighted by atomic mass is 10.1. The van der Waals surface area contributed by atoms with Crippen LogP contribution in [0, 0.1) is 17.5 Å². The quantitative estimate of drug-likeness (QED) is 0.127. The molecule has 0 aliphatic rings. The minimum Gasteiger partial charge on any atom is -0.446 e. The number of thioether (sulfide) groups is 1. The molecule has 4 rings (SSSR count). The molecule has 0 fully saturated rings. The first-order valence-electron chi connectivity index (χ1n) is 11.5. The van der Waals surface area contributed by atoms with Gasteiger partial charge in [-0.2, -0.15) is 0 Å². The highest BCUT2D eigenvalue weighted by molar-refractivity contribution is 9.10. The van der Waals surface area contributed by atoms with Crippen molar-refractivity contribution >= 4 is 27.7 Å². The first-order chi connectivity index (χ1) is 18.7. The van der Waals surface area contributed by atoms with Gasteiger partial charge in [-0.05, 0) is 41.1 Å². The van der Waals surface area contributed by atoms with Gasteiger partial charge in [0.05, 0.1) is 31.6 Å². The van der Waals surface area contributed by atoms with Gasteiger partial charge in [-0.15, -0.1) is 5.10 Å². The van der Waals surface area contributed by atoms with Gasteiger partial charge in [0.25, 0.3) is 0 Å². The molecule has 4 atom stereocenters. The van der Waals surface area contributed by atoms with Crippen molar-refractivity contribution < 1.29 is 37.3 Å². The number of rotatable bonds is 13. The van der Waals surface area contributed by atoms with E-state index in [1.165, 1.54) is 42.2 Å². The lowest BCUT2D eigenvalue weighted by molar-refractivity contribution is -0.117. The SMILES string of the molecule is C[C@@H](O)C(CO)OC(Sc1cncc(Br)c1)[C@H](Cn1cc(-c2cc(F)c(F)c(F)c2)nn1)OCc1cnco1. The Balaban J connectivity index is 1.63. The Hall–Kier alpha value is -2.82. The first-order valence-corrected chi connectivity index (χ1v) is 13.2. The summed E-state index contributed by atoms with van der Waals surface area (Å²) in [6.07, 6.45) is 4.62. The van der Waals surface area contributed by atoms with Gasteiger partial charge in [0.2, 0.25) is 0 Å². The lowest BCUT2D eigenvalue weighted by Crippen LogP contribution is -2.40. The second-order valence-corrected chi connectivity index (χ2v) is 10.4. The maximum absolute atomic E-state index is 13.8. The molecule has 4 aromatic rings. The van der Waals surface area contributed by atoms with Crippen molar-refractivity contribution in [3.63, 3.8) is 0 Å². The summed E-state index contributed by atoms with van der Waals surface area (Å²) in [5.74, 6) is -3.86. The minimum atomic E-state index is -1.58. The van der Waals surface area contributed by atoms with E-state index in [-0.39, 0.29) is 24.4 Å². The van der Waals surface area contributed by atoms with Crippen LogP contribution in [0.4, 0.5) is 13.2 Å². The molecule has 2 unspecified atom stereocenters. The molecule has 1 aromatic carbocycles. The topological polar surface area (TPSA) is 129 Å². The first kappa shape index (κ1) is 29.2. The summed E-state index contributed by atoms with van der Waals surface area (Å²) in [7, 11) is 0. The van der Waals surface area contributed by atoms with Gasteiger partial charge < -0.3 is 24.1 Å². The molecule has 0 aliphatic heterocycles. The van der Waals surface area contributed by atoms with Gasteiger partial charge in [-0.25, -0.2) is 22.8 Å². The number of hydrogen-bond donors (Lipinski definition) is 2. The highest BCUT2D eigenvalue weighted by atomic mass is 79.9. The molecule has 3 heterocycles. The van der Waals surface area contributed by atoms with Gasteiger partial charge in [0.1, 0.15) is 35.7 Å². The van der Waals surface area contributed by atoms with Crippen molar-refractivity contribution in [2.75, 3.05) is 6.61 Å². The number of ether oxygens (including phenoxy) is 2. The van der Waals surface area contributed by atoms with Crippen molar-refractivity contribution in [3.8, 4) is 11.3 Å². The van der Waals surface area contributed by atoms with Gasteiger partial charge in [-0.3, -0.25) is 4.98 Å². The fourth-order valence-corrected chi connectivity index (χ4v) is 5.01. The minimum absolute atomic E-state index is 0.00374. The Bertz CT molecular complexity index is 1340. The van der Waals surface area contributed by atoms with Crippen molar-refractivity contribution in [3.05, 3.63) is 77.1 Å². The fraction of sp³-hybridized carbons (Fsp3) is 0.333. The van der Waals surface area contributed by atoms with Crippen LogP contribution in [0.15, 0.2) is 63.2 Å². The monoisotopic (exact) mass is 629 g/mol. The van der Waals surface area contributed by atoms with E-state index in [9.17, 15) is 23.4 Å². The average molecular weight is 630 g/mol. The van der Waals surface area contributed by atoms with Gasteiger partial charge >= 0.3 is 0 Å². The summed E-state index contributed by atoms with van der Waals surface area (Å²) >= 11 is 4.61. The van der Waals surface area contributed by atoms with Crippen LogP contribution >= 0.6 is 27.7 Å². The van der Waals surface area contributed by atoms with Crippen molar-refractivity contribution in [1.29, 1.82) is 0 Å². The van der Waals surface area contributed by atoms with Crippen LogP contribution in [0.25, 0.3) is 11.3 Å². The van der Waals surface area contributed by atoms with E-state index in [4.69, 9.17) is 13.9 Å². The maximum atomic E-state index is 13.8. The highest BCUT2D eigenvalue weighted by Gasteiger charge is 2.31. The average Bonchev–Trinajstić information content (AvgIpc) is 3.59. The predicted octanol–water partition coefficient (Wildman–Crippen LogP) is 3.97. The molecule has 0 spiro atoms. The Morgan fingerprint density at radius 1 is 1.10 bits per heavy atom. The molecule has 2 N–H and O–H groups in total. The smallest absolute Gasteiger partial charge is 0.194 e. The van der Waals surface area contributed by atoms with Crippen molar-refractivity contribution in [2.45, 2.75) is 48.7 Å². The summed E-state index contributed by atoms with van der Waals surface area (Å²) in [5.41, 5.74) is -0.738. The number of aliphatic hydroxyl groups is 2. The van der Waals surface area contributed by atoms with Crippen LogP contribution in [0.1, 0.15) is 12.7 Å². The van der Waals surface area contributed by atoms with E-state index >= 15 is 0 Å². The zero-order valence-corrected chi connectivity index (χ0v) is 22.7. The molecule has 15 heteroatoms. The molecule has 0 radical (unpaired) electrons. The highest BCUT2D eigenvalue weighted by Crippen LogP contribution is 2.32. The molecular formula is C24H23BrF3N5O5S. The van der Waals surface area contributed by atoms with Crippen LogP contribution in [-0.4, -0.2) is 65.5 Å². The van der Waals surface area contributed by atoms with Gasteiger partial charge in [-0.1, -0.05) is 17.0 Å². The third-order valence-corrected chi connectivity index (χ3v) is 6.95. The molecule has 0 bridgehead atoms. The van der Waals surface area contributed by atoms with E-state index < -0.39 is 47.8 Å². The molecule has 3 aromatic heterocycles. The Labute approximate surface area is 233 Å². The number of hydrogen-bond acceptors (Lipinski definition) is 10. The zero-order valence-electron chi connectivity index (χ0n) is 20.3. The molecule has 39 heavy (non-hydrogen) atoms. The number of oxazole rings is 1. The maximum Gasteiger partial charge on any atom is 0.194 e. The van der Waals surface area contributed by atoms with E-state index in [0.29, 0.717) is 10.7 Å². The molecule has 0 saturated heterocycles. The van der Waals surface area contributed by atoms with Crippen LogP contribution in [0.2, 0.25) is 0 Å². The lowest BCUT2D eigenvalue weighted by Gasteiger charge is -2.31. The van der Waals surface area contributed by atoms with E-state index in [1.54, 1.807) is 12.4 Å². The third kappa shape index (κ3) is 7.86. The Kier molecular flexibility index (Phi) is 10.1. The van der Waals surface area contributed by atoms with Gasteiger partial charge in [0, 0.05) is 27.3 Å². The van der Waals surface area contributed by atoms with Gasteiger partial charge in [0.15, 0.2) is 23.8 Å².